The lowest BCUT2D eigenvalue weighted by atomic mass is 10.2. The van der Waals surface area contributed by atoms with E-state index in [-0.39, 0.29) is 16.7 Å². The number of ether oxygens (including phenoxy) is 1. The quantitative estimate of drug-likeness (QED) is 0.644. The summed E-state index contributed by atoms with van der Waals surface area (Å²) in [6.07, 6.45) is -0.562. The van der Waals surface area contributed by atoms with Gasteiger partial charge in [-0.05, 0) is 50.2 Å². The third-order valence-corrected chi connectivity index (χ3v) is 6.38. The van der Waals surface area contributed by atoms with Gasteiger partial charge >= 0.3 is 0 Å². The Balaban J connectivity index is 1.69. The Kier molecular flexibility index (Phi) is 5.99. The fourth-order valence-electron chi connectivity index (χ4n) is 2.81. The first-order valence-electron chi connectivity index (χ1n) is 9.29. The van der Waals surface area contributed by atoms with E-state index in [1.807, 2.05) is 0 Å². The molecule has 0 bridgehead atoms. The van der Waals surface area contributed by atoms with Gasteiger partial charge in [-0.2, -0.15) is 0 Å². The smallest absolute Gasteiger partial charge is 0.265 e. The summed E-state index contributed by atoms with van der Waals surface area (Å²) in [5.74, 6) is -0.0253. The van der Waals surface area contributed by atoms with Crippen LogP contribution in [0.25, 0.3) is 0 Å². The second-order valence-corrected chi connectivity index (χ2v) is 9.28. The van der Waals surface area contributed by atoms with E-state index in [1.165, 1.54) is 26.2 Å². The summed E-state index contributed by atoms with van der Waals surface area (Å²) in [6.45, 7) is 3.34. The number of nitrogens with zero attached hydrogens (tertiary/aromatic N) is 1. The number of nitrogens with one attached hydrogen (secondary N) is 3. The van der Waals surface area contributed by atoms with E-state index in [1.54, 1.807) is 44.2 Å². The van der Waals surface area contributed by atoms with Gasteiger partial charge in [0.25, 0.3) is 5.91 Å². The maximum atomic E-state index is 12.6. The largest absolute Gasteiger partial charge is 0.479 e. The number of anilines is 3. The zero-order chi connectivity index (χ0) is 22.1. The number of carbonyl (C=O) groups is 2. The van der Waals surface area contributed by atoms with Gasteiger partial charge in [-0.1, -0.05) is 6.07 Å². The summed E-state index contributed by atoms with van der Waals surface area (Å²) in [7, 11) is -0.714. The van der Waals surface area contributed by atoms with Crippen molar-refractivity contribution in [3.8, 4) is 5.75 Å². The average Bonchev–Trinajstić information content (AvgIpc) is 2.69. The minimum atomic E-state index is -3.60. The summed E-state index contributed by atoms with van der Waals surface area (Å²) < 4.78 is 31.2. The van der Waals surface area contributed by atoms with Crippen molar-refractivity contribution in [1.82, 2.24) is 4.31 Å². The van der Waals surface area contributed by atoms with Crippen molar-refractivity contribution in [3.05, 3.63) is 42.5 Å². The summed E-state index contributed by atoms with van der Waals surface area (Å²) >= 11 is 0. The van der Waals surface area contributed by atoms with E-state index < -0.39 is 22.2 Å². The van der Waals surface area contributed by atoms with Gasteiger partial charge in [-0.15, -0.1) is 0 Å². The molecule has 0 spiro atoms. The van der Waals surface area contributed by atoms with E-state index in [0.29, 0.717) is 22.8 Å². The Labute approximate surface area is 175 Å². The van der Waals surface area contributed by atoms with Gasteiger partial charge in [0.2, 0.25) is 15.9 Å². The van der Waals surface area contributed by atoms with Gasteiger partial charge in [-0.25, -0.2) is 12.7 Å². The Morgan fingerprint density at radius 2 is 1.90 bits per heavy atom. The van der Waals surface area contributed by atoms with Crippen LogP contribution in [0.5, 0.6) is 5.75 Å². The molecule has 160 valence electrons. The fourth-order valence-corrected chi connectivity index (χ4v) is 3.76. The maximum absolute atomic E-state index is 12.6. The second kappa shape index (κ2) is 8.33. The normalized spacial score (nSPS) is 16.8. The van der Waals surface area contributed by atoms with E-state index in [9.17, 15) is 18.0 Å². The highest BCUT2D eigenvalue weighted by Gasteiger charge is 2.24. The van der Waals surface area contributed by atoms with Crippen LogP contribution in [0.2, 0.25) is 0 Å². The molecule has 2 unspecified atom stereocenters. The molecule has 2 aromatic rings. The van der Waals surface area contributed by atoms with Crippen molar-refractivity contribution < 1.29 is 22.7 Å². The average molecular weight is 433 g/mol. The third-order valence-electron chi connectivity index (χ3n) is 4.57. The van der Waals surface area contributed by atoms with Crippen LogP contribution in [0.4, 0.5) is 17.1 Å². The number of hydrogen-bond acceptors (Lipinski definition) is 6. The van der Waals surface area contributed by atoms with E-state index >= 15 is 0 Å². The molecule has 0 aliphatic carbocycles. The number of amides is 2. The van der Waals surface area contributed by atoms with Crippen molar-refractivity contribution in [2.45, 2.75) is 30.9 Å². The molecular weight excluding hydrogens is 408 g/mol. The lowest BCUT2D eigenvalue weighted by molar-refractivity contribution is -0.122. The molecule has 1 aliphatic heterocycles. The molecule has 2 amide bonds. The van der Waals surface area contributed by atoms with Crippen LogP contribution in [-0.2, 0) is 19.6 Å². The van der Waals surface area contributed by atoms with Gasteiger partial charge in [0, 0.05) is 25.5 Å². The molecule has 9 nitrogen and oxygen atoms in total. The maximum Gasteiger partial charge on any atom is 0.265 e. The predicted octanol–water partition coefficient (Wildman–Crippen LogP) is 2.10. The molecule has 30 heavy (non-hydrogen) atoms. The first-order valence-corrected chi connectivity index (χ1v) is 10.7. The summed E-state index contributed by atoms with van der Waals surface area (Å²) in [5.41, 5.74) is 1.52. The highest BCUT2D eigenvalue weighted by Crippen LogP contribution is 2.32. The van der Waals surface area contributed by atoms with Crippen molar-refractivity contribution >= 4 is 38.9 Å². The second-order valence-electron chi connectivity index (χ2n) is 7.13. The van der Waals surface area contributed by atoms with Crippen LogP contribution < -0.4 is 20.7 Å². The first kappa shape index (κ1) is 21.6. The summed E-state index contributed by atoms with van der Waals surface area (Å²) in [5, 5.41) is 8.52. The zero-order valence-electron chi connectivity index (χ0n) is 17.1. The number of benzene rings is 2. The summed E-state index contributed by atoms with van der Waals surface area (Å²) in [6, 6.07) is 10.6. The molecule has 0 fully saturated rings. The van der Waals surface area contributed by atoms with Crippen LogP contribution in [0.1, 0.15) is 13.8 Å². The molecule has 1 heterocycles. The molecule has 2 aromatic carbocycles. The summed E-state index contributed by atoms with van der Waals surface area (Å²) in [4.78, 5) is 24.4. The van der Waals surface area contributed by atoms with Crippen LogP contribution in [0, 0.1) is 0 Å². The van der Waals surface area contributed by atoms with E-state index in [2.05, 4.69) is 16.0 Å². The topological polar surface area (TPSA) is 117 Å². The SMILES string of the molecule is CC(Nc1ccc2c(c1)NC(=O)C(C)O2)C(=O)Nc1cccc(S(=O)(=O)N(C)C)c1. The van der Waals surface area contributed by atoms with Crippen molar-refractivity contribution in [2.75, 3.05) is 30.0 Å². The number of rotatable bonds is 6. The van der Waals surface area contributed by atoms with Gasteiger partial charge in [0.15, 0.2) is 6.10 Å². The minimum absolute atomic E-state index is 0.0885. The van der Waals surface area contributed by atoms with Gasteiger partial charge in [-0.3, -0.25) is 9.59 Å². The van der Waals surface area contributed by atoms with Crippen molar-refractivity contribution in [3.63, 3.8) is 0 Å². The number of carbonyl (C=O) groups excluding carboxylic acids is 2. The molecule has 0 saturated heterocycles. The number of fused-ring (bicyclic) bond motifs is 1. The van der Waals surface area contributed by atoms with Gasteiger partial charge in [0.1, 0.15) is 11.8 Å². The van der Waals surface area contributed by atoms with Gasteiger partial charge in [0.05, 0.1) is 10.6 Å². The minimum Gasteiger partial charge on any atom is -0.479 e. The molecule has 3 rings (SSSR count). The molecule has 10 heteroatoms. The van der Waals surface area contributed by atoms with Crippen LogP contribution in [0.3, 0.4) is 0 Å². The Morgan fingerprint density at radius 1 is 1.17 bits per heavy atom. The Bertz CT molecular complexity index is 1080. The lowest BCUT2D eigenvalue weighted by Gasteiger charge is -2.24. The van der Waals surface area contributed by atoms with E-state index in [0.717, 1.165) is 4.31 Å². The first-order chi connectivity index (χ1) is 14.1. The van der Waals surface area contributed by atoms with Crippen LogP contribution >= 0.6 is 0 Å². The highest BCUT2D eigenvalue weighted by molar-refractivity contribution is 7.89. The van der Waals surface area contributed by atoms with Crippen molar-refractivity contribution in [2.24, 2.45) is 0 Å². The molecule has 0 saturated carbocycles. The Hall–Kier alpha value is -3.11. The van der Waals surface area contributed by atoms with Crippen LogP contribution in [0.15, 0.2) is 47.4 Å². The highest BCUT2D eigenvalue weighted by atomic mass is 32.2. The molecule has 0 aromatic heterocycles. The molecular formula is C20H24N4O5S. The molecule has 1 aliphatic rings. The molecule has 3 N–H and O–H groups in total. The van der Waals surface area contributed by atoms with Crippen molar-refractivity contribution in [1.29, 1.82) is 0 Å². The van der Waals surface area contributed by atoms with E-state index in [4.69, 9.17) is 4.74 Å². The number of hydrogen-bond donors (Lipinski definition) is 3. The third kappa shape index (κ3) is 4.55. The molecule has 2 atom stereocenters. The molecule has 0 radical (unpaired) electrons. The predicted molar refractivity (Wildman–Crippen MR) is 114 cm³/mol. The zero-order valence-corrected chi connectivity index (χ0v) is 17.9. The van der Waals surface area contributed by atoms with Gasteiger partial charge < -0.3 is 20.7 Å². The monoisotopic (exact) mass is 432 g/mol. The number of sulfonamides is 1. The lowest BCUT2D eigenvalue weighted by Crippen LogP contribution is -2.34. The fraction of sp³-hybridized carbons (Fsp3) is 0.300. The van der Waals surface area contributed by atoms with Crippen LogP contribution in [-0.4, -0.2) is 50.8 Å². The standard InChI is InChI=1S/C20H24N4O5S/c1-12(21-15-8-9-18-17(11-15)23-20(26)13(2)29-18)19(25)22-14-6-5-7-16(10-14)30(27,28)24(3)4/h5-13,21H,1-4H3,(H,22,25)(H,23,26). The Morgan fingerprint density at radius 3 is 2.60 bits per heavy atom.